The Bertz CT molecular complexity index is 567. The van der Waals surface area contributed by atoms with Crippen molar-refractivity contribution in [1.82, 2.24) is 5.32 Å². The van der Waals surface area contributed by atoms with E-state index in [1.54, 1.807) is 6.92 Å². The molecule has 2 atom stereocenters. The summed E-state index contributed by atoms with van der Waals surface area (Å²) in [4.78, 5) is 12.3. The van der Waals surface area contributed by atoms with Gasteiger partial charge < -0.3 is 19.5 Å². The summed E-state index contributed by atoms with van der Waals surface area (Å²) in [7, 11) is 0. The summed E-state index contributed by atoms with van der Waals surface area (Å²) in [5.74, 6) is 1.05. The molecule has 1 N–H and O–H groups in total. The van der Waals surface area contributed by atoms with Crippen molar-refractivity contribution in [1.29, 1.82) is 0 Å². The van der Waals surface area contributed by atoms with Gasteiger partial charge in [0.05, 0.1) is 12.7 Å². The second kappa shape index (κ2) is 10.5. The Morgan fingerprint density at radius 3 is 2.85 bits per heavy atom. The summed E-state index contributed by atoms with van der Waals surface area (Å²) in [6.45, 7) is 10.8. The molecule has 1 aliphatic rings. The van der Waals surface area contributed by atoms with E-state index in [1.165, 1.54) is 0 Å². The average molecular weight is 363 g/mol. The third kappa shape index (κ3) is 6.61. The lowest BCUT2D eigenvalue weighted by Gasteiger charge is -2.19. The van der Waals surface area contributed by atoms with Gasteiger partial charge in [0, 0.05) is 19.8 Å². The number of benzene rings is 1. The van der Waals surface area contributed by atoms with Crippen LogP contribution in [0.25, 0.3) is 0 Å². The van der Waals surface area contributed by atoms with Crippen LogP contribution >= 0.6 is 0 Å². The SMILES string of the molecule is Cc1ccc(C(C)C)c(OC(C)C(=O)NCCCOCC2CCCO2)c1. The number of nitrogens with one attached hydrogen (secondary N) is 1. The van der Waals surface area contributed by atoms with Gasteiger partial charge in [-0.2, -0.15) is 0 Å². The van der Waals surface area contributed by atoms with Gasteiger partial charge in [0.1, 0.15) is 5.75 Å². The van der Waals surface area contributed by atoms with Crippen molar-refractivity contribution in [2.24, 2.45) is 0 Å². The van der Waals surface area contributed by atoms with Gasteiger partial charge in [0.2, 0.25) is 0 Å². The Morgan fingerprint density at radius 2 is 2.15 bits per heavy atom. The normalized spacial score (nSPS) is 18.1. The van der Waals surface area contributed by atoms with Gasteiger partial charge in [0.15, 0.2) is 6.10 Å². The van der Waals surface area contributed by atoms with Crippen molar-refractivity contribution in [2.75, 3.05) is 26.4 Å². The molecule has 0 saturated carbocycles. The van der Waals surface area contributed by atoms with Gasteiger partial charge >= 0.3 is 0 Å². The topological polar surface area (TPSA) is 56.8 Å². The first-order valence-electron chi connectivity index (χ1n) is 9.71. The average Bonchev–Trinajstić information content (AvgIpc) is 3.10. The third-order valence-corrected chi connectivity index (χ3v) is 4.56. The van der Waals surface area contributed by atoms with Crippen molar-refractivity contribution in [2.45, 2.75) is 65.1 Å². The summed E-state index contributed by atoms with van der Waals surface area (Å²) < 4.78 is 17.0. The van der Waals surface area contributed by atoms with Crippen molar-refractivity contribution >= 4 is 5.91 Å². The maximum Gasteiger partial charge on any atom is 0.260 e. The number of aryl methyl sites for hydroxylation is 1. The molecule has 0 aromatic heterocycles. The molecule has 1 aromatic rings. The minimum atomic E-state index is -0.526. The maximum absolute atomic E-state index is 12.3. The van der Waals surface area contributed by atoms with Crippen molar-refractivity contribution in [3.8, 4) is 5.75 Å². The van der Waals surface area contributed by atoms with E-state index in [0.29, 0.717) is 25.7 Å². The summed E-state index contributed by atoms with van der Waals surface area (Å²) in [5.41, 5.74) is 2.25. The van der Waals surface area contributed by atoms with E-state index in [9.17, 15) is 4.79 Å². The minimum absolute atomic E-state index is 0.0969. The molecule has 1 fully saturated rings. The molecule has 0 radical (unpaired) electrons. The van der Waals surface area contributed by atoms with E-state index in [0.717, 1.165) is 42.7 Å². The Labute approximate surface area is 157 Å². The van der Waals surface area contributed by atoms with Crippen LogP contribution in [0, 0.1) is 6.92 Å². The lowest BCUT2D eigenvalue weighted by molar-refractivity contribution is -0.127. The second-order valence-electron chi connectivity index (χ2n) is 7.31. The molecule has 5 nitrogen and oxygen atoms in total. The van der Waals surface area contributed by atoms with Crippen LogP contribution in [0.2, 0.25) is 0 Å². The van der Waals surface area contributed by atoms with E-state index in [-0.39, 0.29) is 12.0 Å². The van der Waals surface area contributed by atoms with E-state index < -0.39 is 6.10 Å². The van der Waals surface area contributed by atoms with Gasteiger partial charge in [-0.1, -0.05) is 26.0 Å². The first kappa shape index (κ1) is 20.7. The summed E-state index contributed by atoms with van der Waals surface area (Å²) in [6.07, 6.45) is 2.72. The fourth-order valence-corrected chi connectivity index (χ4v) is 2.98. The number of carbonyl (C=O) groups excluding carboxylic acids is 1. The number of rotatable bonds is 10. The quantitative estimate of drug-likeness (QED) is 0.646. The zero-order valence-corrected chi connectivity index (χ0v) is 16.5. The first-order chi connectivity index (χ1) is 12.5. The molecule has 1 amide bonds. The van der Waals surface area contributed by atoms with Gasteiger partial charge in [-0.25, -0.2) is 0 Å². The van der Waals surface area contributed by atoms with Gasteiger partial charge in [0.25, 0.3) is 5.91 Å². The molecule has 5 heteroatoms. The van der Waals surface area contributed by atoms with Gasteiger partial charge in [-0.05, 0) is 56.2 Å². The zero-order chi connectivity index (χ0) is 18.9. The van der Waals surface area contributed by atoms with Gasteiger partial charge in [-0.15, -0.1) is 0 Å². The monoisotopic (exact) mass is 363 g/mol. The molecule has 0 aliphatic carbocycles. The molecular formula is C21H33NO4. The first-order valence-corrected chi connectivity index (χ1v) is 9.71. The maximum atomic E-state index is 12.3. The van der Waals surface area contributed by atoms with E-state index in [2.05, 4.69) is 31.3 Å². The Kier molecular flexibility index (Phi) is 8.39. The fourth-order valence-electron chi connectivity index (χ4n) is 2.98. The summed E-state index contributed by atoms with van der Waals surface area (Å²) in [6, 6.07) is 6.15. The van der Waals surface area contributed by atoms with E-state index in [4.69, 9.17) is 14.2 Å². The van der Waals surface area contributed by atoms with Crippen molar-refractivity contribution in [3.63, 3.8) is 0 Å². The molecule has 1 aromatic carbocycles. The lowest BCUT2D eigenvalue weighted by atomic mass is 10.0. The number of carbonyl (C=O) groups is 1. The van der Waals surface area contributed by atoms with Crippen LogP contribution in [0.3, 0.4) is 0 Å². The summed E-state index contributed by atoms with van der Waals surface area (Å²) >= 11 is 0. The van der Waals surface area contributed by atoms with Crippen LogP contribution in [0.4, 0.5) is 0 Å². The number of hydrogen-bond acceptors (Lipinski definition) is 4. The molecule has 26 heavy (non-hydrogen) atoms. The largest absolute Gasteiger partial charge is 0.481 e. The standard InChI is InChI=1S/C21H33NO4/c1-15(2)19-9-8-16(3)13-20(19)26-17(4)21(23)22-10-6-11-24-14-18-7-5-12-25-18/h8-9,13,15,17-18H,5-7,10-12,14H2,1-4H3,(H,22,23). The predicted octanol–water partition coefficient (Wildman–Crippen LogP) is 3.59. The second-order valence-corrected chi connectivity index (χ2v) is 7.31. The highest BCUT2D eigenvalue weighted by Gasteiger charge is 2.18. The van der Waals surface area contributed by atoms with Crippen molar-refractivity contribution < 1.29 is 19.0 Å². The van der Waals surface area contributed by atoms with Crippen LogP contribution in [0.15, 0.2) is 18.2 Å². The molecule has 1 aliphatic heterocycles. The lowest BCUT2D eigenvalue weighted by Crippen LogP contribution is -2.37. The van der Waals surface area contributed by atoms with Crippen LogP contribution in [-0.2, 0) is 14.3 Å². The van der Waals surface area contributed by atoms with Crippen LogP contribution in [0.1, 0.15) is 57.1 Å². The fraction of sp³-hybridized carbons (Fsp3) is 0.667. The molecule has 1 saturated heterocycles. The molecule has 1 heterocycles. The molecule has 0 spiro atoms. The molecule has 2 unspecified atom stereocenters. The highest BCUT2D eigenvalue weighted by molar-refractivity contribution is 5.80. The molecular weight excluding hydrogens is 330 g/mol. The number of amides is 1. The summed E-state index contributed by atoms with van der Waals surface area (Å²) in [5, 5.41) is 2.92. The zero-order valence-electron chi connectivity index (χ0n) is 16.5. The smallest absolute Gasteiger partial charge is 0.260 e. The Balaban J connectivity index is 1.68. The highest BCUT2D eigenvalue weighted by atomic mass is 16.5. The molecule has 146 valence electrons. The molecule has 0 bridgehead atoms. The number of ether oxygens (including phenoxy) is 3. The third-order valence-electron chi connectivity index (χ3n) is 4.56. The van der Waals surface area contributed by atoms with Crippen molar-refractivity contribution in [3.05, 3.63) is 29.3 Å². The Hall–Kier alpha value is -1.59. The molecule has 2 rings (SSSR count). The van der Waals surface area contributed by atoms with Crippen LogP contribution in [0.5, 0.6) is 5.75 Å². The van der Waals surface area contributed by atoms with E-state index in [1.807, 2.05) is 13.0 Å². The van der Waals surface area contributed by atoms with Crippen LogP contribution in [-0.4, -0.2) is 44.5 Å². The highest BCUT2D eigenvalue weighted by Crippen LogP contribution is 2.28. The Morgan fingerprint density at radius 1 is 1.35 bits per heavy atom. The van der Waals surface area contributed by atoms with Gasteiger partial charge in [-0.3, -0.25) is 4.79 Å². The minimum Gasteiger partial charge on any atom is -0.481 e. The van der Waals surface area contributed by atoms with E-state index >= 15 is 0 Å². The predicted molar refractivity (Wildman–Crippen MR) is 103 cm³/mol. The number of hydrogen-bond donors (Lipinski definition) is 1. The van der Waals surface area contributed by atoms with Crippen LogP contribution < -0.4 is 10.1 Å².